The van der Waals surface area contributed by atoms with E-state index in [9.17, 15) is 9.59 Å². The van der Waals surface area contributed by atoms with Crippen LogP contribution in [0.1, 0.15) is 51.6 Å². The number of nitrogens with one attached hydrogen (secondary N) is 1. The molecule has 1 heterocycles. The zero-order valence-corrected chi connectivity index (χ0v) is 17.0. The first-order chi connectivity index (χ1) is 15.2. The van der Waals surface area contributed by atoms with Gasteiger partial charge in [-0.25, -0.2) is 14.6 Å². The Balaban J connectivity index is 1.42. The highest BCUT2D eigenvalue weighted by Gasteiger charge is 2.53. The van der Waals surface area contributed by atoms with Crippen LogP contribution in [0.2, 0.25) is 0 Å². The highest BCUT2D eigenvalue weighted by atomic mass is 16.6. The van der Waals surface area contributed by atoms with Gasteiger partial charge >= 0.3 is 11.9 Å². The summed E-state index contributed by atoms with van der Waals surface area (Å²) < 4.78 is 12.0. The van der Waals surface area contributed by atoms with Crippen LogP contribution in [0, 0.1) is 11.8 Å². The topological polar surface area (TPSA) is 81.3 Å². The zero-order valence-electron chi connectivity index (χ0n) is 17.0. The third-order valence-electron chi connectivity index (χ3n) is 6.58. The number of esters is 2. The average molecular weight is 416 g/mol. The molecule has 0 saturated heterocycles. The van der Waals surface area contributed by atoms with Crippen molar-refractivity contribution in [3.63, 3.8) is 0 Å². The number of imidazole rings is 1. The molecule has 0 aliphatic heterocycles. The number of aromatic nitrogens is 2. The number of carbonyl (C=O) groups is 2. The van der Waals surface area contributed by atoms with Crippen molar-refractivity contribution < 1.29 is 19.1 Å². The number of benzene rings is 2. The lowest BCUT2D eigenvalue weighted by Crippen LogP contribution is -2.54. The molecule has 3 fully saturated rings. The lowest BCUT2D eigenvalue weighted by molar-refractivity contribution is -0.129. The SMILES string of the molecule is O=C(OC1C2CCC(C(c3cnc[nH]3)C2)C1OC(=O)c1ccccc1)c1ccccc1. The van der Waals surface area contributed by atoms with Crippen molar-refractivity contribution >= 4 is 11.9 Å². The molecule has 0 amide bonds. The van der Waals surface area contributed by atoms with Gasteiger partial charge in [-0.1, -0.05) is 36.4 Å². The molecule has 2 bridgehead atoms. The number of fused-ring (bicyclic) bond motifs is 3. The third kappa shape index (κ3) is 3.85. The van der Waals surface area contributed by atoms with E-state index >= 15 is 0 Å². The summed E-state index contributed by atoms with van der Waals surface area (Å²) in [6.07, 6.45) is 5.29. The molecule has 2 aromatic carbocycles. The van der Waals surface area contributed by atoms with Gasteiger partial charge in [-0.05, 0) is 43.5 Å². The van der Waals surface area contributed by atoms with Crippen LogP contribution in [0.25, 0.3) is 0 Å². The van der Waals surface area contributed by atoms with E-state index in [-0.39, 0.29) is 29.7 Å². The van der Waals surface area contributed by atoms with Crippen molar-refractivity contribution in [2.24, 2.45) is 11.8 Å². The Morgan fingerprint density at radius 3 is 2.03 bits per heavy atom. The molecule has 158 valence electrons. The van der Waals surface area contributed by atoms with Gasteiger partial charge in [0.05, 0.1) is 17.5 Å². The van der Waals surface area contributed by atoms with Crippen molar-refractivity contribution in [3.8, 4) is 0 Å². The molecule has 5 unspecified atom stereocenters. The van der Waals surface area contributed by atoms with Crippen LogP contribution < -0.4 is 0 Å². The summed E-state index contributed by atoms with van der Waals surface area (Å²) in [5.41, 5.74) is 2.04. The molecule has 5 atom stereocenters. The fraction of sp³-hybridized carbons (Fsp3) is 0.320. The molecule has 3 aliphatic rings. The van der Waals surface area contributed by atoms with Crippen LogP contribution in [-0.2, 0) is 9.47 Å². The summed E-state index contributed by atoms with van der Waals surface area (Å²) in [5, 5.41) is 0. The Labute approximate surface area is 180 Å². The fourth-order valence-corrected chi connectivity index (χ4v) is 5.11. The normalized spacial score (nSPS) is 26.9. The first-order valence-electron chi connectivity index (χ1n) is 10.7. The lowest BCUT2D eigenvalue weighted by Gasteiger charge is -2.50. The Morgan fingerprint density at radius 1 is 0.839 bits per heavy atom. The number of aromatic amines is 1. The Bertz CT molecular complexity index is 1040. The number of hydrogen-bond acceptors (Lipinski definition) is 5. The molecule has 3 aliphatic carbocycles. The Kier molecular flexibility index (Phi) is 5.28. The zero-order chi connectivity index (χ0) is 21.2. The Morgan fingerprint density at radius 2 is 1.45 bits per heavy atom. The monoisotopic (exact) mass is 416 g/mol. The maximum absolute atomic E-state index is 12.9. The molecular weight excluding hydrogens is 392 g/mol. The van der Waals surface area contributed by atoms with Gasteiger partial charge in [0.1, 0.15) is 12.2 Å². The van der Waals surface area contributed by atoms with Crippen LogP contribution in [0.3, 0.4) is 0 Å². The van der Waals surface area contributed by atoms with E-state index in [2.05, 4.69) is 9.97 Å². The van der Waals surface area contributed by atoms with Gasteiger partial charge in [-0.2, -0.15) is 0 Å². The van der Waals surface area contributed by atoms with E-state index in [4.69, 9.17) is 9.47 Å². The van der Waals surface area contributed by atoms with Crippen molar-refractivity contribution in [1.82, 2.24) is 9.97 Å². The van der Waals surface area contributed by atoms with Gasteiger partial charge in [0.2, 0.25) is 0 Å². The van der Waals surface area contributed by atoms with E-state index in [0.717, 1.165) is 25.0 Å². The molecular formula is C25H24N2O4. The lowest BCUT2D eigenvalue weighted by atomic mass is 9.61. The predicted molar refractivity (Wildman–Crippen MR) is 113 cm³/mol. The molecule has 6 nitrogen and oxygen atoms in total. The predicted octanol–water partition coefficient (Wildman–Crippen LogP) is 4.37. The first-order valence-corrected chi connectivity index (χ1v) is 10.7. The number of carbonyl (C=O) groups excluding carboxylic acids is 2. The Hall–Kier alpha value is -3.41. The van der Waals surface area contributed by atoms with Gasteiger partial charge in [0, 0.05) is 29.6 Å². The largest absolute Gasteiger partial charge is 0.455 e. The minimum atomic E-state index is -0.499. The maximum Gasteiger partial charge on any atom is 0.338 e. The number of rotatable bonds is 5. The van der Waals surface area contributed by atoms with Gasteiger partial charge < -0.3 is 14.5 Å². The minimum absolute atomic E-state index is 0.0617. The molecule has 0 radical (unpaired) electrons. The molecule has 3 saturated carbocycles. The number of ether oxygens (including phenoxy) is 2. The van der Waals surface area contributed by atoms with Gasteiger partial charge in [0.25, 0.3) is 0 Å². The van der Waals surface area contributed by atoms with Crippen molar-refractivity contribution in [1.29, 1.82) is 0 Å². The van der Waals surface area contributed by atoms with Crippen LogP contribution in [0.5, 0.6) is 0 Å². The van der Waals surface area contributed by atoms with E-state index in [1.807, 2.05) is 42.6 Å². The second-order valence-electron chi connectivity index (χ2n) is 8.32. The van der Waals surface area contributed by atoms with Crippen LogP contribution in [0.4, 0.5) is 0 Å². The molecule has 3 aromatic rings. The highest BCUT2D eigenvalue weighted by Crippen LogP contribution is 2.51. The first kappa shape index (κ1) is 19.5. The summed E-state index contributed by atoms with van der Waals surface area (Å²) in [6, 6.07) is 17.9. The molecule has 6 rings (SSSR count). The summed E-state index contributed by atoms with van der Waals surface area (Å²) in [4.78, 5) is 33.1. The van der Waals surface area contributed by atoms with Crippen LogP contribution >= 0.6 is 0 Å². The molecule has 0 spiro atoms. The average Bonchev–Trinajstić information content (AvgIpc) is 3.37. The minimum Gasteiger partial charge on any atom is -0.455 e. The fourth-order valence-electron chi connectivity index (χ4n) is 5.11. The third-order valence-corrected chi connectivity index (χ3v) is 6.58. The van der Waals surface area contributed by atoms with Crippen molar-refractivity contribution in [3.05, 3.63) is 90.0 Å². The molecule has 6 heteroatoms. The van der Waals surface area contributed by atoms with E-state index in [1.54, 1.807) is 30.6 Å². The smallest absolute Gasteiger partial charge is 0.338 e. The van der Waals surface area contributed by atoms with E-state index in [1.165, 1.54) is 0 Å². The van der Waals surface area contributed by atoms with E-state index in [0.29, 0.717) is 11.1 Å². The second-order valence-corrected chi connectivity index (χ2v) is 8.32. The molecule has 1 N–H and O–H groups in total. The quantitative estimate of drug-likeness (QED) is 0.625. The highest BCUT2D eigenvalue weighted by molar-refractivity contribution is 5.90. The number of nitrogens with zero attached hydrogens (tertiary/aromatic N) is 1. The molecule has 1 aromatic heterocycles. The van der Waals surface area contributed by atoms with E-state index < -0.39 is 12.2 Å². The summed E-state index contributed by atoms with van der Waals surface area (Å²) in [7, 11) is 0. The molecule has 31 heavy (non-hydrogen) atoms. The number of hydrogen-bond donors (Lipinski definition) is 1. The summed E-state index contributed by atoms with van der Waals surface area (Å²) >= 11 is 0. The van der Waals surface area contributed by atoms with Gasteiger partial charge in [-0.15, -0.1) is 0 Å². The second kappa shape index (κ2) is 8.38. The summed E-state index contributed by atoms with van der Waals surface area (Å²) in [5.74, 6) is -0.382. The summed E-state index contributed by atoms with van der Waals surface area (Å²) in [6.45, 7) is 0. The van der Waals surface area contributed by atoms with Crippen molar-refractivity contribution in [2.75, 3.05) is 0 Å². The van der Waals surface area contributed by atoms with Crippen LogP contribution in [0.15, 0.2) is 73.2 Å². The maximum atomic E-state index is 12.9. The van der Waals surface area contributed by atoms with Gasteiger partial charge in [-0.3, -0.25) is 0 Å². The number of H-pyrrole nitrogens is 1. The van der Waals surface area contributed by atoms with Gasteiger partial charge in [0.15, 0.2) is 0 Å². The van der Waals surface area contributed by atoms with Crippen LogP contribution in [-0.4, -0.2) is 34.1 Å². The standard InChI is InChI=1S/C25H24N2O4/c28-24(16-7-3-1-4-8-16)30-22-18-11-12-19(20(13-18)21-14-26-15-27-21)23(22)31-25(29)17-9-5-2-6-10-17/h1-10,14-15,18-20,22-23H,11-13H2,(H,26,27). The van der Waals surface area contributed by atoms with Crippen molar-refractivity contribution in [2.45, 2.75) is 37.4 Å².